The maximum Gasteiger partial charge on any atom is 0.172 e. The van der Waals surface area contributed by atoms with Crippen LogP contribution in [0.5, 0.6) is 0 Å². The maximum atomic E-state index is 12.6. The van der Waals surface area contributed by atoms with Crippen molar-refractivity contribution in [2.75, 3.05) is 5.75 Å². The zero-order valence-corrected chi connectivity index (χ0v) is 13.1. The van der Waals surface area contributed by atoms with Gasteiger partial charge < -0.3 is 0 Å². The molecular formula is C15H24OS2. The number of carbonyl (C=O) groups excluding carboxylic acids is 1. The first kappa shape index (κ1) is 14.5. The number of carbonyl (C=O) groups is 1. The van der Waals surface area contributed by atoms with E-state index in [0.717, 1.165) is 24.2 Å². The Morgan fingerprint density at radius 2 is 1.94 bits per heavy atom. The van der Waals surface area contributed by atoms with Crippen LogP contribution in [0.3, 0.4) is 0 Å². The lowest BCUT2D eigenvalue weighted by Gasteiger charge is -2.31. The van der Waals surface area contributed by atoms with Gasteiger partial charge in [-0.25, -0.2) is 0 Å². The minimum atomic E-state index is 0.215. The normalized spacial score (nSPS) is 34.3. The number of rotatable bonds is 2. The summed E-state index contributed by atoms with van der Waals surface area (Å²) in [5.74, 6) is 1.44. The van der Waals surface area contributed by atoms with E-state index in [4.69, 9.17) is 0 Å². The lowest BCUT2D eigenvalue weighted by atomic mass is 9.96. The van der Waals surface area contributed by atoms with Gasteiger partial charge in [-0.05, 0) is 31.3 Å². The number of ketones is 1. The molecule has 2 rings (SSSR count). The highest BCUT2D eigenvalue weighted by molar-refractivity contribution is 8.08. The van der Waals surface area contributed by atoms with Crippen molar-refractivity contribution in [3.05, 3.63) is 11.6 Å². The van der Waals surface area contributed by atoms with Gasteiger partial charge in [0.2, 0.25) is 0 Å². The van der Waals surface area contributed by atoms with Crippen LogP contribution in [0.25, 0.3) is 0 Å². The van der Waals surface area contributed by atoms with Crippen molar-refractivity contribution in [2.24, 2.45) is 0 Å². The predicted molar refractivity (Wildman–Crippen MR) is 83.6 cm³/mol. The molecule has 1 aliphatic carbocycles. The zero-order valence-electron chi connectivity index (χ0n) is 11.5. The minimum Gasteiger partial charge on any atom is -0.293 e. The van der Waals surface area contributed by atoms with E-state index in [-0.39, 0.29) is 5.25 Å². The third-order valence-electron chi connectivity index (χ3n) is 3.95. The Labute approximate surface area is 120 Å². The second-order valence-corrected chi connectivity index (χ2v) is 8.41. The third-order valence-corrected chi connectivity index (χ3v) is 7.34. The number of allylic oxidation sites excluding steroid dienone is 2. The van der Waals surface area contributed by atoms with Crippen molar-refractivity contribution < 1.29 is 4.79 Å². The van der Waals surface area contributed by atoms with Gasteiger partial charge in [-0.15, -0.1) is 11.8 Å². The summed E-state index contributed by atoms with van der Waals surface area (Å²) >= 11 is 3.86. The van der Waals surface area contributed by atoms with Gasteiger partial charge in [0.1, 0.15) is 0 Å². The van der Waals surface area contributed by atoms with Gasteiger partial charge in [-0.1, -0.05) is 32.8 Å². The van der Waals surface area contributed by atoms with Gasteiger partial charge in [-0.3, -0.25) is 4.79 Å². The van der Waals surface area contributed by atoms with E-state index in [1.807, 2.05) is 23.5 Å². The average molecular weight is 284 g/mol. The molecule has 1 nitrogen and oxygen atoms in total. The molecular weight excluding hydrogens is 260 g/mol. The van der Waals surface area contributed by atoms with Crippen molar-refractivity contribution in [2.45, 2.75) is 68.1 Å². The highest BCUT2D eigenvalue weighted by atomic mass is 32.2. The van der Waals surface area contributed by atoms with E-state index in [1.54, 1.807) is 0 Å². The first-order valence-corrected chi connectivity index (χ1v) is 9.18. The Morgan fingerprint density at radius 3 is 2.72 bits per heavy atom. The SMILES string of the molecule is CC1SCC(C(=O)C2=CCCCCCC2)SC1C. The van der Waals surface area contributed by atoms with E-state index in [9.17, 15) is 4.79 Å². The molecule has 2 aliphatic rings. The minimum absolute atomic E-state index is 0.215. The Kier molecular flexibility index (Phi) is 5.68. The summed E-state index contributed by atoms with van der Waals surface area (Å²) < 4.78 is 0. The molecule has 0 amide bonds. The Bertz CT molecular complexity index is 324. The van der Waals surface area contributed by atoms with Crippen molar-refractivity contribution in [3.8, 4) is 0 Å². The molecule has 18 heavy (non-hydrogen) atoms. The molecule has 1 fully saturated rings. The second kappa shape index (κ2) is 7.04. The summed E-state index contributed by atoms with van der Waals surface area (Å²) in [7, 11) is 0. The summed E-state index contributed by atoms with van der Waals surface area (Å²) in [6, 6.07) is 0. The molecule has 3 unspecified atom stereocenters. The van der Waals surface area contributed by atoms with E-state index in [0.29, 0.717) is 16.3 Å². The standard InChI is InChI=1S/C15H24OS2/c1-11-12(2)18-14(10-17-11)15(16)13-8-6-4-3-5-7-9-13/h8,11-12,14H,3-7,9-10H2,1-2H3. The second-order valence-electron chi connectivity index (χ2n) is 5.41. The summed E-state index contributed by atoms with van der Waals surface area (Å²) in [5.41, 5.74) is 1.13. The van der Waals surface area contributed by atoms with Gasteiger partial charge >= 0.3 is 0 Å². The first-order valence-electron chi connectivity index (χ1n) is 7.19. The fraction of sp³-hybridized carbons (Fsp3) is 0.800. The molecule has 0 saturated carbocycles. The van der Waals surface area contributed by atoms with E-state index in [2.05, 4.69) is 19.9 Å². The third kappa shape index (κ3) is 3.80. The Morgan fingerprint density at radius 1 is 1.17 bits per heavy atom. The molecule has 0 aromatic rings. The molecule has 0 bridgehead atoms. The fourth-order valence-corrected chi connectivity index (χ4v) is 5.44. The summed E-state index contributed by atoms with van der Waals surface area (Å²) in [5, 5.41) is 1.50. The summed E-state index contributed by atoms with van der Waals surface area (Å²) in [6.07, 6.45) is 9.45. The molecule has 1 saturated heterocycles. The Balaban J connectivity index is 1.97. The topological polar surface area (TPSA) is 17.1 Å². The van der Waals surface area contributed by atoms with Crippen molar-refractivity contribution in [3.63, 3.8) is 0 Å². The fourth-order valence-electron chi connectivity index (χ4n) is 2.54. The number of hydrogen-bond donors (Lipinski definition) is 0. The van der Waals surface area contributed by atoms with Crippen LogP contribution in [0.15, 0.2) is 11.6 Å². The molecule has 0 radical (unpaired) electrons. The van der Waals surface area contributed by atoms with E-state index < -0.39 is 0 Å². The molecule has 3 heteroatoms. The zero-order chi connectivity index (χ0) is 13.0. The van der Waals surface area contributed by atoms with Crippen LogP contribution in [-0.2, 0) is 4.79 Å². The van der Waals surface area contributed by atoms with Crippen molar-refractivity contribution in [1.82, 2.24) is 0 Å². The van der Waals surface area contributed by atoms with Gasteiger partial charge in [0.15, 0.2) is 5.78 Å². The molecule has 0 aromatic carbocycles. The summed E-state index contributed by atoms with van der Waals surface area (Å²) in [6.45, 7) is 4.53. The average Bonchev–Trinajstić information content (AvgIpc) is 2.31. The van der Waals surface area contributed by atoms with Gasteiger partial charge in [0, 0.05) is 16.3 Å². The van der Waals surface area contributed by atoms with Gasteiger partial charge in [0.05, 0.1) is 5.25 Å². The molecule has 0 N–H and O–H groups in total. The van der Waals surface area contributed by atoms with E-state index in [1.165, 1.54) is 25.7 Å². The van der Waals surface area contributed by atoms with Crippen molar-refractivity contribution in [1.29, 1.82) is 0 Å². The van der Waals surface area contributed by atoms with Gasteiger partial charge in [0.25, 0.3) is 0 Å². The predicted octanol–water partition coefficient (Wildman–Crippen LogP) is 4.46. The quantitative estimate of drug-likeness (QED) is 0.745. The van der Waals surface area contributed by atoms with Crippen LogP contribution < -0.4 is 0 Å². The van der Waals surface area contributed by atoms with Crippen molar-refractivity contribution >= 4 is 29.3 Å². The molecule has 1 heterocycles. The van der Waals surface area contributed by atoms with Crippen LogP contribution in [0, 0.1) is 0 Å². The van der Waals surface area contributed by atoms with Crippen LogP contribution in [0.4, 0.5) is 0 Å². The number of Topliss-reactive ketones (excluding diaryl/α,β-unsaturated/α-hetero) is 1. The summed E-state index contributed by atoms with van der Waals surface area (Å²) in [4.78, 5) is 12.6. The smallest absolute Gasteiger partial charge is 0.172 e. The number of hydrogen-bond acceptors (Lipinski definition) is 3. The maximum absolute atomic E-state index is 12.6. The molecule has 0 aromatic heterocycles. The van der Waals surface area contributed by atoms with Crippen LogP contribution in [0.1, 0.15) is 52.4 Å². The number of thioether (sulfide) groups is 2. The van der Waals surface area contributed by atoms with E-state index >= 15 is 0 Å². The molecule has 0 spiro atoms. The lowest BCUT2D eigenvalue weighted by molar-refractivity contribution is -0.115. The first-order chi connectivity index (χ1) is 8.68. The highest BCUT2D eigenvalue weighted by Gasteiger charge is 2.31. The lowest BCUT2D eigenvalue weighted by Crippen LogP contribution is -2.32. The monoisotopic (exact) mass is 284 g/mol. The Hall–Kier alpha value is 0.110. The van der Waals surface area contributed by atoms with Crippen LogP contribution in [0.2, 0.25) is 0 Å². The highest BCUT2D eigenvalue weighted by Crippen LogP contribution is 2.37. The molecule has 3 atom stereocenters. The van der Waals surface area contributed by atoms with Gasteiger partial charge in [-0.2, -0.15) is 11.8 Å². The largest absolute Gasteiger partial charge is 0.293 e. The van der Waals surface area contributed by atoms with Crippen LogP contribution >= 0.6 is 23.5 Å². The molecule has 1 aliphatic heterocycles. The molecule has 102 valence electrons. The van der Waals surface area contributed by atoms with Crippen LogP contribution in [-0.4, -0.2) is 27.3 Å².